The van der Waals surface area contributed by atoms with Crippen LogP contribution in [0.15, 0.2) is 12.1 Å². The number of fused-ring (bicyclic) bond motifs is 3. The third kappa shape index (κ3) is 3.10. The number of ketones is 1. The molecule has 1 fully saturated rings. The number of phenolic OH excluding ortho intramolecular Hbond substituents is 1. The van der Waals surface area contributed by atoms with Crippen molar-refractivity contribution in [3.05, 3.63) is 17.7 Å². The van der Waals surface area contributed by atoms with E-state index in [1.54, 1.807) is 13.8 Å². The first kappa shape index (κ1) is 18.8. The normalized spacial score (nSPS) is 25.0. The summed E-state index contributed by atoms with van der Waals surface area (Å²) in [7, 11) is -5.88. The molecule has 1 saturated carbocycles. The van der Waals surface area contributed by atoms with Gasteiger partial charge in [-0.25, -0.2) is 0 Å². The van der Waals surface area contributed by atoms with E-state index < -0.39 is 32.7 Å². The minimum absolute atomic E-state index is 0.0123. The smallest absolute Gasteiger partial charge is 0.507 e. The number of halogens is 3. The summed E-state index contributed by atoms with van der Waals surface area (Å²) in [4.78, 5) is 11.9. The maximum Gasteiger partial charge on any atom is 0.534 e. The van der Waals surface area contributed by atoms with Crippen molar-refractivity contribution in [2.24, 2.45) is 5.92 Å². The van der Waals surface area contributed by atoms with Crippen LogP contribution in [0.5, 0.6) is 17.2 Å². The van der Waals surface area contributed by atoms with E-state index in [1.165, 1.54) is 0 Å². The standard InChI is InChI=1S/C16H17F3O6S/c1-15(2)11-4-3-8(20)5-10(11)14-12(21)6-9(7-13(14)24-15)25-26(22,23)16(17,18)19/h6-7,10-11,21H,3-5H2,1-2H3/t10-,11-/m1/s1. The molecular weight excluding hydrogens is 377 g/mol. The first-order chi connectivity index (χ1) is 11.8. The first-order valence-electron chi connectivity index (χ1n) is 7.90. The molecule has 6 nitrogen and oxygen atoms in total. The van der Waals surface area contributed by atoms with Gasteiger partial charge in [0.05, 0.1) is 0 Å². The molecule has 2 atom stereocenters. The summed E-state index contributed by atoms with van der Waals surface area (Å²) < 4.78 is 69.8. The number of carbonyl (C=O) groups is 1. The Morgan fingerprint density at radius 3 is 2.58 bits per heavy atom. The van der Waals surface area contributed by atoms with Gasteiger partial charge in [0, 0.05) is 42.4 Å². The lowest BCUT2D eigenvalue weighted by Gasteiger charge is -2.47. The van der Waals surface area contributed by atoms with Crippen LogP contribution in [0.1, 0.15) is 44.6 Å². The molecule has 2 aliphatic rings. The summed E-state index contributed by atoms with van der Waals surface area (Å²) in [5, 5.41) is 10.3. The summed E-state index contributed by atoms with van der Waals surface area (Å²) >= 11 is 0. The van der Waals surface area contributed by atoms with Crippen molar-refractivity contribution in [2.45, 2.75) is 50.1 Å². The number of hydrogen-bond acceptors (Lipinski definition) is 6. The van der Waals surface area contributed by atoms with Gasteiger partial charge in [-0.2, -0.15) is 21.6 Å². The van der Waals surface area contributed by atoms with E-state index in [0.29, 0.717) is 18.4 Å². The molecule has 1 heterocycles. The van der Waals surface area contributed by atoms with Crippen molar-refractivity contribution < 1.29 is 40.4 Å². The maximum absolute atomic E-state index is 12.5. The minimum atomic E-state index is -5.88. The first-order valence-corrected chi connectivity index (χ1v) is 9.31. The molecule has 1 aromatic rings. The van der Waals surface area contributed by atoms with Gasteiger partial charge in [-0.3, -0.25) is 4.79 Å². The van der Waals surface area contributed by atoms with E-state index in [-0.39, 0.29) is 29.8 Å². The van der Waals surface area contributed by atoms with Gasteiger partial charge in [0.25, 0.3) is 0 Å². The van der Waals surface area contributed by atoms with Gasteiger partial charge >= 0.3 is 15.6 Å². The summed E-state index contributed by atoms with van der Waals surface area (Å²) in [5.74, 6) is -1.56. The Morgan fingerprint density at radius 2 is 1.96 bits per heavy atom. The number of carbonyl (C=O) groups excluding carboxylic acids is 1. The van der Waals surface area contributed by atoms with Gasteiger partial charge in [0.2, 0.25) is 0 Å². The minimum Gasteiger partial charge on any atom is -0.507 e. The van der Waals surface area contributed by atoms with Crippen molar-refractivity contribution in [3.8, 4) is 17.2 Å². The molecule has 0 unspecified atom stereocenters. The van der Waals surface area contributed by atoms with Crippen molar-refractivity contribution >= 4 is 15.9 Å². The Kier molecular flexibility index (Phi) is 4.17. The van der Waals surface area contributed by atoms with Crippen LogP contribution in [0.4, 0.5) is 13.2 Å². The molecule has 1 N–H and O–H groups in total. The Hall–Kier alpha value is -1.97. The zero-order valence-electron chi connectivity index (χ0n) is 14.0. The van der Waals surface area contributed by atoms with Crippen molar-refractivity contribution in [3.63, 3.8) is 0 Å². The summed E-state index contributed by atoms with van der Waals surface area (Å²) in [6, 6.07) is 1.79. The number of Topliss-reactive ketones (excluding diaryl/α,β-unsaturated/α-hetero) is 1. The second kappa shape index (κ2) is 5.77. The van der Waals surface area contributed by atoms with Crippen molar-refractivity contribution in [1.29, 1.82) is 0 Å². The van der Waals surface area contributed by atoms with E-state index in [4.69, 9.17) is 4.74 Å². The van der Waals surface area contributed by atoms with E-state index >= 15 is 0 Å². The number of phenols is 1. The van der Waals surface area contributed by atoms with Gasteiger partial charge in [0.1, 0.15) is 28.6 Å². The van der Waals surface area contributed by atoms with Crippen LogP contribution in [0.25, 0.3) is 0 Å². The zero-order chi connectivity index (χ0) is 19.5. The third-order valence-corrected chi connectivity index (χ3v) is 5.87. The molecule has 0 saturated heterocycles. The fourth-order valence-electron chi connectivity index (χ4n) is 3.77. The molecule has 0 aromatic heterocycles. The average Bonchev–Trinajstić information content (AvgIpc) is 2.43. The molecule has 0 spiro atoms. The number of ether oxygens (including phenoxy) is 1. The monoisotopic (exact) mass is 394 g/mol. The van der Waals surface area contributed by atoms with Crippen molar-refractivity contribution in [1.82, 2.24) is 0 Å². The third-order valence-electron chi connectivity index (χ3n) is 4.89. The van der Waals surface area contributed by atoms with Crippen LogP contribution in [-0.2, 0) is 14.9 Å². The summed E-state index contributed by atoms with van der Waals surface area (Å²) in [6.45, 7) is 3.56. The van der Waals surface area contributed by atoms with Gasteiger partial charge in [-0.05, 0) is 20.3 Å². The van der Waals surface area contributed by atoms with Crippen LogP contribution < -0.4 is 8.92 Å². The lowest BCUT2D eigenvalue weighted by Crippen LogP contribution is -2.47. The number of hydrogen-bond donors (Lipinski definition) is 1. The highest BCUT2D eigenvalue weighted by Gasteiger charge is 2.50. The lowest BCUT2D eigenvalue weighted by atomic mass is 9.66. The molecule has 144 valence electrons. The van der Waals surface area contributed by atoms with Gasteiger partial charge in [0.15, 0.2) is 0 Å². The van der Waals surface area contributed by atoms with Gasteiger partial charge in [-0.15, -0.1) is 0 Å². The summed E-state index contributed by atoms with van der Waals surface area (Å²) in [6.07, 6.45) is 1.14. The molecule has 10 heteroatoms. The second-order valence-corrected chi connectivity index (χ2v) is 8.58. The topological polar surface area (TPSA) is 89.9 Å². The van der Waals surface area contributed by atoms with Crippen LogP contribution >= 0.6 is 0 Å². The van der Waals surface area contributed by atoms with E-state index in [2.05, 4.69) is 4.18 Å². The molecule has 0 bridgehead atoms. The van der Waals surface area contributed by atoms with E-state index in [9.17, 15) is 31.5 Å². The molecule has 3 rings (SSSR count). The molecular formula is C16H17F3O6S. The van der Waals surface area contributed by atoms with Crippen LogP contribution in [-0.4, -0.2) is 30.4 Å². The van der Waals surface area contributed by atoms with Gasteiger partial charge < -0.3 is 14.0 Å². The van der Waals surface area contributed by atoms with Crippen LogP contribution in [0, 0.1) is 5.92 Å². The molecule has 1 aliphatic heterocycles. The highest BCUT2D eigenvalue weighted by Crippen LogP contribution is 2.54. The highest BCUT2D eigenvalue weighted by atomic mass is 32.2. The molecule has 1 aromatic carbocycles. The Bertz CT molecular complexity index is 859. The van der Waals surface area contributed by atoms with E-state index in [0.717, 1.165) is 12.1 Å². The number of benzene rings is 1. The number of alkyl halides is 3. The quantitative estimate of drug-likeness (QED) is 0.612. The summed E-state index contributed by atoms with van der Waals surface area (Å²) in [5.41, 5.74) is -6.05. The van der Waals surface area contributed by atoms with Gasteiger partial charge in [-0.1, -0.05) is 0 Å². The maximum atomic E-state index is 12.5. The molecule has 26 heavy (non-hydrogen) atoms. The second-order valence-electron chi connectivity index (χ2n) is 7.04. The average molecular weight is 394 g/mol. The zero-order valence-corrected chi connectivity index (χ0v) is 14.8. The fraction of sp³-hybridized carbons (Fsp3) is 0.562. The number of rotatable bonds is 2. The van der Waals surface area contributed by atoms with Crippen LogP contribution in [0.3, 0.4) is 0 Å². The molecule has 1 aliphatic carbocycles. The largest absolute Gasteiger partial charge is 0.534 e. The Labute approximate surface area is 148 Å². The molecule has 0 radical (unpaired) electrons. The van der Waals surface area contributed by atoms with Crippen molar-refractivity contribution in [2.75, 3.05) is 0 Å². The Morgan fingerprint density at radius 1 is 1.31 bits per heavy atom. The fourth-order valence-corrected chi connectivity index (χ4v) is 4.21. The number of aromatic hydroxyl groups is 1. The highest BCUT2D eigenvalue weighted by molar-refractivity contribution is 7.88. The predicted molar refractivity (Wildman–Crippen MR) is 83.5 cm³/mol. The predicted octanol–water partition coefficient (Wildman–Crippen LogP) is 3.24. The Balaban J connectivity index is 2.05. The lowest BCUT2D eigenvalue weighted by molar-refractivity contribution is -0.124. The SMILES string of the molecule is CC1(C)Oc2cc(OS(=O)(=O)C(F)(F)F)cc(O)c2[C@@H]2CC(=O)CC[C@H]21. The van der Waals surface area contributed by atoms with Crippen LogP contribution in [0.2, 0.25) is 0 Å². The molecule has 0 amide bonds. The van der Waals surface area contributed by atoms with E-state index in [1.807, 2.05) is 0 Å².